The monoisotopic (exact) mass is 428 g/mol. The van der Waals surface area contributed by atoms with E-state index in [9.17, 15) is 9.18 Å². The first kappa shape index (κ1) is 20.5. The van der Waals surface area contributed by atoms with Gasteiger partial charge in [-0.05, 0) is 44.5 Å². The van der Waals surface area contributed by atoms with Crippen molar-refractivity contribution in [1.29, 1.82) is 0 Å². The Morgan fingerprint density at radius 1 is 1.41 bits per heavy atom. The van der Waals surface area contributed by atoms with E-state index < -0.39 is 0 Å². The lowest BCUT2D eigenvalue weighted by Crippen LogP contribution is -2.38. The van der Waals surface area contributed by atoms with Gasteiger partial charge in [-0.3, -0.25) is 9.69 Å². The molecule has 0 spiro atoms. The number of carbonyl (C=O) groups excluding carboxylic acids is 1. The Hall–Kier alpha value is -1.22. The summed E-state index contributed by atoms with van der Waals surface area (Å²) >= 11 is 9.17. The van der Waals surface area contributed by atoms with Crippen molar-refractivity contribution in [3.63, 3.8) is 0 Å². The molecule has 3 rings (SSSR count). The molecule has 1 amide bonds. The van der Waals surface area contributed by atoms with Crippen molar-refractivity contribution < 1.29 is 9.18 Å². The first-order chi connectivity index (χ1) is 13.1. The van der Waals surface area contributed by atoms with Crippen molar-refractivity contribution in [1.82, 2.24) is 15.1 Å². The van der Waals surface area contributed by atoms with Gasteiger partial charge < -0.3 is 5.32 Å². The molecular formula is C18H22ClFN4OS2. The van der Waals surface area contributed by atoms with Crippen LogP contribution in [0, 0.1) is 11.7 Å². The molecule has 9 heteroatoms. The smallest absolute Gasteiger partial charge is 0.229 e. The van der Waals surface area contributed by atoms with Crippen molar-refractivity contribution in [2.45, 2.75) is 37.1 Å². The van der Waals surface area contributed by atoms with E-state index in [-0.39, 0.29) is 17.6 Å². The van der Waals surface area contributed by atoms with Crippen LogP contribution in [-0.4, -0.2) is 39.8 Å². The van der Waals surface area contributed by atoms with E-state index in [0.29, 0.717) is 22.3 Å². The van der Waals surface area contributed by atoms with Crippen molar-refractivity contribution in [2.24, 2.45) is 5.92 Å². The average molecular weight is 429 g/mol. The predicted molar refractivity (Wildman–Crippen MR) is 109 cm³/mol. The zero-order valence-corrected chi connectivity index (χ0v) is 17.5. The van der Waals surface area contributed by atoms with Crippen LogP contribution in [0.15, 0.2) is 22.5 Å². The first-order valence-electron chi connectivity index (χ1n) is 8.99. The molecule has 1 fully saturated rings. The van der Waals surface area contributed by atoms with Gasteiger partial charge in [-0.25, -0.2) is 4.39 Å². The van der Waals surface area contributed by atoms with Gasteiger partial charge in [0.1, 0.15) is 5.82 Å². The quantitative estimate of drug-likeness (QED) is 0.512. The summed E-state index contributed by atoms with van der Waals surface area (Å²) in [7, 11) is 0. The van der Waals surface area contributed by atoms with E-state index >= 15 is 0 Å². The molecule has 0 bridgehead atoms. The van der Waals surface area contributed by atoms with Gasteiger partial charge in [0.2, 0.25) is 11.0 Å². The Labute approximate surface area is 171 Å². The van der Waals surface area contributed by atoms with Crippen LogP contribution in [0.5, 0.6) is 0 Å². The normalized spacial score (nSPS) is 15.8. The first-order valence-corrected chi connectivity index (χ1v) is 11.2. The van der Waals surface area contributed by atoms with Crippen LogP contribution < -0.4 is 5.32 Å². The number of likely N-dealkylation sites (tertiary alicyclic amines) is 1. The number of rotatable bonds is 7. The largest absolute Gasteiger partial charge is 0.300 e. The van der Waals surface area contributed by atoms with Crippen LogP contribution in [-0.2, 0) is 11.3 Å². The van der Waals surface area contributed by atoms with Crippen molar-refractivity contribution in [2.75, 3.05) is 24.2 Å². The molecule has 0 aliphatic carbocycles. The van der Waals surface area contributed by atoms with E-state index in [1.54, 1.807) is 23.9 Å². The summed E-state index contributed by atoms with van der Waals surface area (Å²) in [4.78, 5) is 14.6. The number of hydrogen-bond acceptors (Lipinski definition) is 6. The summed E-state index contributed by atoms with van der Waals surface area (Å²) in [6.45, 7) is 4.05. The number of halogens is 2. The number of thioether (sulfide) groups is 1. The van der Waals surface area contributed by atoms with E-state index in [2.05, 4.69) is 27.3 Å². The van der Waals surface area contributed by atoms with E-state index in [1.807, 2.05) is 0 Å². The minimum absolute atomic E-state index is 0.0123. The minimum atomic E-state index is -0.282. The minimum Gasteiger partial charge on any atom is -0.300 e. The van der Waals surface area contributed by atoms with Crippen LogP contribution in [0.2, 0.25) is 5.02 Å². The second-order valence-corrected chi connectivity index (χ2v) is 9.19. The lowest BCUT2D eigenvalue weighted by molar-refractivity contribution is -0.121. The molecule has 5 nitrogen and oxygen atoms in total. The lowest BCUT2D eigenvalue weighted by atomic mass is 9.95. The number of nitrogens with one attached hydrogen (secondary N) is 1. The van der Waals surface area contributed by atoms with Crippen LogP contribution in [0.1, 0.15) is 31.7 Å². The van der Waals surface area contributed by atoms with Crippen LogP contribution >= 0.6 is 34.7 Å². The summed E-state index contributed by atoms with van der Waals surface area (Å²) in [6, 6.07) is 4.74. The number of carbonyl (C=O) groups is 1. The maximum absolute atomic E-state index is 13.9. The van der Waals surface area contributed by atoms with Gasteiger partial charge in [-0.2, -0.15) is 0 Å². The summed E-state index contributed by atoms with van der Waals surface area (Å²) < 4.78 is 14.8. The highest BCUT2D eigenvalue weighted by Crippen LogP contribution is 2.28. The third-order valence-corrected chi connectivity index (χ3v) is 7.00. The van der Waals surface area contributed by atoms with Crippen LogP contribution in [0.25, 0.3) is 0 Å². The second kappa shape index (κ2) is 9.82. The molecule has 1 N–H and O–H groups in total. The molecule has 0 unspecified atom stereocenters. The molecule has 1 saturated heterocycles. The number of piperidine rings is 1. The Morgan fingerprint density at radius 3 is 2.89 bits per heavy atom. The maximum atomic E-state index is 13.9. The highest BCUT2D eigenvalue weighted by atomic mass is 35.5. The Morgan fingerprint density at radius 2 is 2.19 bits per heavy atom. The molecule has 1 aliphatic rings. The maximum Gasteiger partial charge on any atom is 0.229 e. The summed E-state index contributed by atoms with van der Waals surface area (Å²) in [5.41, 5.74) is 0.521. The van der Waals surface area contributed by atoms with Gasteiger partial charge in [-0.15, -0.1) is 10.2 Å². The number of nitrogens with zero attached hydrogens (tertiary/aromatic N) is 3. The van der Waals surface area contributed by atoms with Crippen LogP contribution in [0.4, 0.5) is 9.52 Å². The topological polar surface area (TPSA) is 58.1 Å². The SMILES string of the molecule is CCCSc1nnc(NC(=O)C2CCN(Cc3c(F)cccc3Cl)CC2)s1. The third-order valence-electron chi connectivity index (χ3n) is 4.47. The highest BCUT2D eigenvalue weighted by Gasteiger charge is 2.26. The Balaban J connectivity index is 1.48. The number of aromatic nitrogens is 2. The number of hydrogen-bond donors (Lipinski definition) is 1. The van der Waals surface area contributed by atoms with Crippen molar-refractivity contribution in [3.8, 4) is 0 Å². The van der Waals surface area contributed by atoms with E-state index in [4.69, 9.17) is 11.6 Å². The lowest BCUT2D eigenvalue weighted by Gasteiger charge is -2.31. The zero-order valence-electron chi connectivity index (χ0n) is 15.1. The molecule has 2 aromatic rings. The second-order valence-electron chi connectivity index (χ2n) is 6.46. The molecule has 1 aromatic carbocycles. The number of benzene rings is 1. The number of anilines is 1. The molecule has 0 radical (unpaired) electrons. The van der Waals surface area contributed by atoms with Gasteiger partial charge in [0, 0.05) is 28.8 Å². The van der Waals surface area contributed by atoms with Gasteiger partial charge in [0.15, 0.2) is 4.34 Å². The molecule has 1 aliphatic heterocycles. The summed E-state index contributed by atoms with van der Waals surface area (Å²) in [5.74, 6) is 0.637. The fraction of sp³-hybridized carbons (Fsp3) is 0.500. The number of amides is 1. The van der Waals surface area contributed by atoms with Gasteiger partial charge >= 0.3 is 0 Å². The molecule has 0 saturated carbocycles. The summed E-state index contributed by atoms with van der Waals surface area (Å²) in [5, 5.41) is 12.0. The molecule has 27 heavy (non-hydrogen) atoms. The van der Waals surface area contributed by atoms with Gasteiger partial charge in [-0.1, -0.05) is 47.7 Å². The summed E-state index contributed by atoms with van der Waals surface area (Å²) in [6.07, 6.45) is 2.53. The Bertz CT molecular complexity index is 760. The van der Waals surface area contributed by atoms with E-state index in [0.717, 1.165) is 42.4 Å². The zero-order chi connectivity index (χ0) is 19.2. The van der Waals surface area contributed by atoms with Gasteiger partial charge in [0.05, 0.1) is 0 Å². The van der Waals surface area contributed by atoms with Crippen molar-refractivity contribution >= 4 is 45.7 Å². The van der Waals surface area contributed by atoms with Crippen molar-refractivity contribution in [3.05, 3.63) is 34.6 Å². The molecule has 0 atom stereocenters. The van der Waals surface area contributed by atoms with Gasteiger partial charge in [0.25, 0.3) is 0 Å². The standard InChI is InChI=1S/C18H22ClFN4OS2/c1-2-10-26-18-23-22-17(27-18)21-16(25)12-6-8-24(9-7-12)11-13-14(19)4-3-5-15(13)20/h3-5,12H,2,6-11H2,1H3,(H,21,22,25). The Kier molecular flexibility index (Phi) is 7.46. The predicted octanol–water partition coefficient (Wildman–Crippen LogP) is 4.68. The fourth-order valence-corrected chi connectivity index (χ4v) is 4.88. The van der Waals surface area contributed by atoms with E-state index in [1.165, 1.54) is 17.4 Å². The molecule has 2 heterocycles. The molecule has 1 aromatic heterocycles. The van der Waals surface area contributed by atoms with Crippen LogP contribution in [0.3, 0.4) is 0 Å². The third kappa shape index (κ3) is 5.63. The molecule has 146 valence electrons. The fourth-order valence-electron chi connectivity index (χ4n) is 2.98. The molecular weight excluding hydrogens is 407 g/mol. The highest BCUT2D eigenvalue weighted by molar-refractivity contribution is 8.01. The average Bonchev–Trinajstić information content (AvgIpc) is 3.11.